The number of nitrogens with one attached hydrogen (secondary N) is 2. The van der Waals surface area contributed by atoms with E-state index in [-0.39, 0.29) is 18.0 Å². The van der Waals surface area contributed by atoms with Crippen LogP contribution in [0.3, 0.4) is 0 Å². The van der Waals surface area contributed by atoms with Gasteiger partial charge in [0.2, 0.25) is 0 Å². The summed E-state index contributed by atoms with van der Waals surface area (Å²) in [4.78, 5) is 28.0. The Labute approximate surface area is 152 Å². The topological polar surface area (TPSA) is 74.1 Å². The van der Waals surface area contributed by atoms with Crippen molar-refractivity contribution in [3.8, 4) is 0 Å². The molecular weight excluding hydrogens is 330 g/mol. The molecule has 0 aromatic heterocycles. The first kappa shape index (κ1) is 17.0. The Bertz CT molecular complexity index is 868. The predicted octanol–water partition coefficient (Wildman–Crippen LogP) is 0.604. The minimum Gasteiger partial charge on any atom is -0.387 e. The zero-order valence-electron chi connectivity index (χ0n) is 14.9. The van der Waals surface area contributed by atoms with Gasteiger partial charge in [0.15, 0.2) is 6.67 Å². The number of aliphatic hydroxyl groups is 1. The second-order valence-electron chi connectivity index (χ2n) is 7.51. The second kappa shape index (κ2) is 6.37. The largest absolute Gasteiger partial charge is 0.387 e. The van der Waals surface area contributed by atoms with Gasteiger partial charge in [-0.1, -0.05) is 36.4 Å². The summed E-state index contributed by atoms with van der Waals surface area (Å²) >= 11 is 0. The van der Waals surface area contributed by atoms with E-state index < -0.39 is 5.54 Å². The lowest BCUT2D eigenvalue weighted by Gasteiger charge is -2.29. The number of carbonyl (C=O) groups excluding carboxylic acids is 2. The van der Waals surface area contributed by atoms with E-state index in [4.69, 9.17) is 0 Å². The number of hydrogen-bond acceptors (Lipinski definition) is 3. The maximum atomic E-state index is 13.1. The standard InChI is InChI=1S/C20H23N3O3/c1-20(16-9-8-14-5-2-3-6-15(14)11-16)18(25)23(19(26)21-20)13-22-10-4-7-17(24)12-22/h2-3,5-6,8-9,11,17,24H,4,7,10,12-13H2,1H3,(H,21,26)/p+1/t17-,20-/m0/s1. The van der Waals surface area contributed by atoms with Crippen LogP contribution < -0.4 is 10.2 Å². The van der Waals surface area contributed by atoms with Crippen LogP contribution in [0.15, 0.2) is 42.5 Å². The van der Waals surface area contributed by atoms with Crippen molar-refractivity contribution in [2.45, 2.75) is 31.4 Å². The number of rotatable bonds is 3. The number of piperidine rings is 1. The zero-order valence-corrected chi connectivity index (χ0v) is 14.9. The molecule has 2 aromatic rings. The molecule has 2 heterocycles. The molecule has 26 heavy (non-hydrogen) atoms. The van der Waals surface area contributed by atoms with Gasteiger partial charge in [-0.2, -0.15) is 0 Å². The molecule has 6 heteroatoms. The van der Waals surface area contributed by atoms with Crippen molar-refractivity contribution in [1.82, 2.24) is 10.2 Å². The molecule has 2 saturated heterocycles. The molecule has 2 aromatic carbocycles. The smallest absolute Gasteiger partial charge is 0.329 e. The van der Waals surface area contributed by atoms with Gasteiger partial charge in [0.25, 0.3) is 5.91 Å². The minimum absolute atomic E-state index is 0.231. The van der Waals surface area contributed by atoms with Crippen molar-refractivity contribution in [3.05, 3.63) is 48.0 Å². The van der Waals surface area contributed by atoms with Gasteiger partial charge in [0.1, 0.15) is 18.2 Å². The fraction of sp³-hybridized carbons (Fsp3) is 0.400. The number of hydrogen-bond donors (Lipinski definition) is 3. The number of benzene rings is 2. The Hall–Kier alpha value is -2.44. The molecule has 3 atom stereocenters. The summed E-state index contributed by atoms with van der Waals surface area (Å²) in [5.74, 6) is -0.231. The summed E-state index contributed by atoms with van der Waals surface area (Å²) in [5, 5.41) is 14.9. The lowest BCUT2D eigenvalue weighted by atomic mass is 9.90. The maximum absolute atomic E-state index is 13.1. The van der Waals surface area contributed by atoms with Gasteiger partial charge in [-0.25, -0.2) is 9.69 Å². The number of quaternary nitrogens is 1. The minimum atomic E-state index is -1.06. The average Bonchev–Trinajstić information content (AvgIpc) is 2.85. The maximum Gasteiger partial charge on any atom is 0.329 e. The monoisotopic (exact) mass is 354 g/mol. The average molecular weight is 354 g/mol. The Morgan fingerprint density at radius 1 is 1.23 bits per heavy atom. The van der Waals surface area contributed by atoms with Crippen LogP contribution in [0.2, 0.25) is 0 Å². The number of nitrogens with zero attached hydrogens (tertiary/aromatic N) is 1. The molecule has 0 aliphatic carbocycles. The van der Waals surface area contributed by atoms with E-state index in [1.54, 1.807) is 6.92 Å². The molecule has 2 fully saturated rings. The molecule has 136 valence electrons. The van der Waals surface area contributed by atoms with Crippen molar-refractivity contribution < 1.29 is 19.6 Å². The summed E-state index contributed by atoms with van der Waals surface area (Å²) in [7, 11) is 0. The van der Waals surface area contributed by atoms with Gasteiger partial charge in [0.05, 0.1) is 6.54 Å². The van der Waals surface area contributed by atoms with Crippen LogP contribution in [0.5, 0.6) is 0 Å². The van der Waals surface area contributed by atoms with E-state index >= 15 is 0 Å². The third-order valence-corrected chi connectivity index (χ3v) is 5.58. The van der Waals surface area contributed by atoms with Crippen molar-refractivity contribution in [2.24, 2.45) is 0 Å². The van der Waals surface area contributed by atoms with Crippen LogP contribution in [-0.4, -0.2) is 47.8 Å². The molecular formula is C20H24N3O3+. The second-order valence-corrected chi connectivity index (χ2v) is 7.51. The van der Waals surface area contributed by atoms with E-state index in [1.165, 1.54) is 4.90 Å². The molecule has 4 rings (SSSR count). The highest BCUT2D eigenvalue weighted by Gasteiger charge is 2.50. The van der Waals surface area contributed by atoms with E-state index in [9.17, 15) is 14.7 Å². The first-order chi connectivity index (χ1) is 12.5. The van der Waals surface area contributed by atoms with Gasteiger partial charge in [0, 0.05) is 0 Å². The summed E-state index contributed by atoms with van der Waals surface area (Å²) in [6.07, 6.45) is 1.34. The van der Waals surface area contributed by atoms with E-state index in [0.717, 1.165) is 40.6 Å². The normalized spacial score (nSPS) is 29.2. The fourth-order valence-electron chi connectivity index (χ4n) is 4.03. The molecule has 3 N–H and O–H groups in total. The lowest BCUT2D eigenvalue weighted by molar-refractivity contribution is -0.915. The summed E-state index contributed by atoms with van der Waals surface area (Å²) < 4.78 is 0. The number of urea groups is 1. The summed E-state index contributed by atoms with van der Waals surface area (Å²) in [5.41, 5.74) is -0.277. The van der Waals surface area contributed by atoms with Gasteiger partial charge in [-0.05, 0) is 42.2 Å². The van der Waals surface area contributed by atoms with Crippen LogP contribution in [0.25, 0.3) is 10.8 Å². The number of likely N-dealkylation sites (tertiary alicyclic amines) is 1. The number of carbonyl (C=O) groups is 2. The molecule has 0 radical (unpaired) electrons. The van der Waals surface area contributed by atoms with Gasteiger partial charge in [-0.15, -0.1) is 0 Å². The van der Waals surface area contributed by atoms with Crippen molar-refractivity contribution >= 4 is 22.7 Å². The Balaban J connectivity index is 1.60. The zero-order chi connectivity index (χ0) is 18.3. The molecule has 2 aliphatic rings. The van der Waals surface area contributed by atoms with Crippen LogP contribution in [0, 0.1) is 0 Å². The number of fused-ring (bicyclic) bond motifs is 1. The third-order valence-electron chi connectivity index (χ3n) is 5.58. The summed E-state index contributed by atoms with van der Waals surface area (Å²) in [6, 6.07) is 13.4. The predicted molar refractivity (Wildman–Crippen MR) is 97.5 cm³/mol. The quantitative estimate of drug-likeness (QED) is 0.707. The fourth-order valence-corrected chi connectivity index (χ4v) is 4.03. The Morgan fingerprint density at radius 3 is 2.77 bits per heavy atom. The Kier molecular flexibility index (Phi) is 4.17. The molecule has 0 spiro atoms. The third kappa shape index (κ3) is 2.85. The molecule has 0 saturated carbocycles. The molecule has 6 nitrogen and oxygen atoms in total. The van der Waals surface area contributed by atoms with E-state index in [0.29, 0.717) is 13.2 Å². The first-order valence-electron chi connectivity index (χ1n) is 9.12. The molecule has 2 aliphatic heterocycles. The van der Waals surface area contributed by atoms with Gasteiger partial charge < -0.3 is 15.3 Å². The van der Waals surface area contributed by atoms with E-state index in [1.807, 2.05) is 42.5 Å². The van der Waals surface area contributed by atoms with Crippen molar-refractivity contribution in [1.29, 1.82) is 0 Å². The summed E-state index contributed by atoms with van der Waals surface area (Å²) in [6.45, 7) is 3.49. The molecule has 1 unspecified atom stereocenters. The number of aliphatic hydroxyl groups excluding tert-OH is 1. The molecule has 3 amide bonds. The SMILES string of the molecule is C[C@@]1(c2ccc3ccccc3c2)NC(=O)N(C[NH+]2CCC[C@H](O)C2)C1=O. The van der Waals surface area contributed by atoms with Crippen LogP contribution >= 0.6 is 0 Å². The highest BCUT2D eigenvalue weighted by molar-refractivity contribution is 6.07. The first-order valence-corrected chi connectivity index (χ1v) is 9.12. The Morgan fingerprint density at radius 2 is 2.00 bits per heavy atom. The number of imide groups is 1. The highest BCUT2D eigenvalue weighted by atomic mass is 16.3. The van der Waals surface area contributed by atoms with Crippen LogP contribution in [0.1, 0.15) is 25.3 Å². The van der Waals surface area contributed by atoms with E-state index in [2.05, 4.69) is 5.32 Å². The molecule has 0 bridgehead atoms. The van der Waals surface area contributed by atoms with Crippen LogP contribution in [-0.2, 0) is 10.3 Å². The van der Waals surface area contributed by atoms with Crippen LogP contribution in [0.4, 0.5) is 4.79 Å². The van der Waals surface area contributed by atoms with Crippen molar-refractivity contribution in [2.75, 3.05) is 19.8 Å². The number of amides is 3. The van der Waals surface area contributed by atoms with Gasteiger partial charge >= 0.3 is 6.03 Å². The van der Waals surface area contributed by atoms with Gasteiger partial charge in [-0.3, -0.25) is 4.79 Å². The van der Waals surface area contributed by atoms with Crippen molar-refractivity contribution in [3.63, 3.8) is 0 Å². The highest BCUT2D eigenvalue weighted by Crippen LogP contribution is 2.30. The lowest BCUT2D eigenvalue weighted by Crippen LogP contribution is -3.15.